The van der Waals surface area contributed by atoms with Crippen molar-refractivity contribution in [3.8, 4) is 17.9 Å². The van der Waals surface area contributed by atoms with Crippen molar-refractivity contribution in [1.29, 1.82) is 10.5 Å². The van der Waals surface area contributed by atoms with E-state index in [1.807, 2.05) is 0 Å². The minimum atomic E-state index is -3.82. The third-order valence-electron chi connectivity index (χ3n) is 5.12. The molecule has 1 heterocycles. The van der Waals surface area contributed by atoms with Gasteiger partial charge in [-0.05, 0) is 48.7 Å². The minimum Gasteiger partial charge on any atom is -0.426 e. The number of non-ortho nitro benzene ring substituents is 1. The van der Waals surface area contributed by atoms with Crippen LogP contribution in [-0.2, 0) is 14.8 Å². The Hall–Kier alpha value is -4.06. The molecule has 0 aromatic heterocycles. The molecular formula is C22H18N4O6S. The molecule has 0 bridgehead atoms. The lowest BCUT2D eigenvalue weighted by molar-refractivity contribution is -0.384. The second kappa shape index (κ2) is 10.0. The highest BCUT2D eigenvalue weighted by Gasteiger charge is 2.33. The first-order valence-corrected chi connectivity index (χ1v) is 11.3. The number of piperidine rings is 1. The van der Waals surface area contributed by atoms with Gasteiger partial charge in [-0.2, -0.15) is 14.8 Å². The molecule has 1 saturated heterocycles. The fraction of sp³-hybridized carbons (Fsp3) is 0.227. The Morgan fingerprint density at radius 2 is 1.64 bits per heavy atom. The molecule has 168 valence electrons. The number of sulfonamides is 1. The van der Waals surface area contributed by atoms with Gasteiger partial charge < -0.3 is 4.74 Å². The second-order valence-electron chi connectivity index (χ2n) is 7.20. The number of nitriles is 2. The van der Waals surface area contributed by atoms with Crippen LogP contribution in [0.5, 0.6) is 5.75 Å². The van der Waals surface area contributed by atoms with E-state index in [9.17, 15) is 23.3 Å². The zero-order valence-corrected chi connectivity index (χ0v) is 18.1. The molecule has 0 spiro atoms. The molecule has 3 rings (SSSR count). The predicted molar refractivity (Wildman–Crippen MR) is 116 cm³/mol. The number of nitro groups is 1. The summed E-state index contributed by atoms with van der Waals surface area (Å²) in [5, 5.41) is 28.3. The summed E-state index contributed by atoms with van der Waals surface area (Å²) in [4.78, 5) is 22.6. The number of esters is 1. The summed E-state index contributed by atoms with van der Waals surface area (Å²) in [5.41, 5.74) is 0.364. The molecule has 0 radical (unpaired) electrons. The van der Waals surface area contributed by atoms with Gasteiger partial charge in [-0.25, -0.2) is 8.42 Å². The van der Waals surface area contributed by atoms with E-state index in [1.54, 1.807) is 36.4 Å². The van der Waals surface area contributed by atoms with E-state index < -0.39 is 26.8 Å². The number of allylic oxidation sites excluding steroid dienone is 1. The number of rotatable bonds is 6. The molecule has 1 aliphatic rings. The van der Waals surface area contributed by atoms with Crippen LogP contribution >= 0.6 is 0 Å². The number of hydrogen-bond donors (Lipinski definition) is 0. The molecule has 1 aliphatic heterocycles. The zero-order chi connectivity index (χ0) is 24.0. The number of carbonyl (C=O) groups excluding carboxylic acids is 1. The third-order valence-corrected chi connectivity index (χ3v) is 7.04. The van der Waals surface area contributed by atoms with Crippen molar-refractivity contribution in [3.63, 3.8) is 0 Å². The largest absolute Gasteiger partial charge is 0.426 e. The Kier molecular flexibility index (Phi) is 7.18. The number of benzene rings is 2. The van der Waals surface area contributed by atoms with Crippen LogP contribution in [0.3, 0.4) is 0 Å². The Morgan fingerprint density at radius 1 is 1.06 bits per heavy atom. The predicted octanol–water partition coefficient (Wildman–Crippen LogP) is 3.03. The van der Waals surface area contributed by atoms with Crippen molar-refractivity contribution in [2.24, 2.45) is 5.92 Å². The van der Waals surface area contributed by atoms with Gasteiger partial charge >= 0.3 is 5.97 Å². The molecule has 10 nitrogen and oxygen atoms in total. The third kappa shape index (κ3) is 5.60. The van der Waals surface area contributed by atoms with Gasteiger partial charge in [0.2, 0.25) is 10.0 Å². The van der Waals surface area contributed by atoms with E-state index in [-0.39, 0.29) is 42.1 Å². The van der Waals surface area contributed by atoms with Crippen LogP contribution in [0.1, 0.15) is 18.4 Å². The normalized spacial score (nSPS) is 14.5. The fourth-order valence-electron chi connectivity index (χ4n) is 3.31. The maximum absolute atomic E-state index is 12.8. The molecule has 33 heavy (non-hydrogen) atoms. The molecule has 2 aromatic carbocycles. The Labute approximate surface area is 190 Å². The van der Waals surface area contributed by atoms with Gasteiger partial charge in [0.1, 0.15) is 23.5 Å². The number of nitrogens with zero attached hydrogens (tertiary/aromatic N) is 4. The van der Waals surface area contributed by atoms with Crippen LogP contribution in [0.4, 0.5) is 5.69 Å². The summed E-state index contributed by atoms with van der Waals surface area (Å²) in [7, 11) is -3.82. The molecule has 11 heteroatoms. The highest BCUT2D eigenvalue weighted by Crippen LogP contribution is 2.26. The molecule has 0 amide bonds. The van der Waals surface area contributed by atoms with E-state index in [2.05, 4.69) is 0 Å². The Balaban J connectivity index is 1.58. The molecular weight excluding hydrogens is 448 g/mol. The number of nitro benzene ring substituents is 1. The smallest absolute Gasteiger partial charge is 0.314 e. The number of ether oxygens (including phenoxy) is 1. The molecule has 0 atom stereocenters. The number of carbonyl (C=O) groups is 1. The van der Waals surface area contributed by atoms with Gasteiger partial charge in [0, 0.05) is 25.2 Å². The first kappa shape index (κ1) is 23.6. The monoisotopic (exact) mass is 466 g/mol. The van der Waals surface area contributed by atoms with Crippen molar-refractivity contribution >= 4 is 27.8 Å². The van der Waals surface area contributed by atoms with Crippen molar-refractivity contribution in [3.05, 3.63) is 69.8 Å². The maximum atomic E-state index is 12.8. The van der Waals surface area contributed by atoms with Gasteiger partial charge in [-0.1, -0.05) is 12.1 Å². The summed E-state index contributed by atoms with van der Waals surface area (Å²) < 4.78 is 32.2. The minimum absolute atomic E-state index is 0.0424. The topological polar surface area (TPSA) is 154 Å². The summed E-state index contributed by atoms with van der Waals surface area (Å²) >= 11 is 0. The molecule has 2 aromatic rings. The van der Waals surface area contributed by atoms with Crippen LogP contribution in [-0.4, -0.2) is 36.7 Å². The Bertz CT molecular complexity index is 1250. The summed E-state index contributed by atoms with van der Waals surface area (Å²) in [6.07, 6.45) is 1.96. The van der Waals surface area contributed by atoms with E-state index >= 15 is 0 Å². The Morgan fingerprint density at radius 3 is 2.15 bits per heavy atom. The second-order valence-corrected chi connectivity index (χ2v) is 9.14. The SMILES string of the molecule is N#CC(C#N)=Cc1ccc(OC(=O)C2CCN(S(=O)(=O)c3ccc([N+](=O)[O-])cc3)CC2)cc1. The maximum Gasteiger partial charge on any atom is 0.314 e. The van der Waals surface area contributed by atoms with Crippen LogP contribution in [0.2, 0.25) is 0 Å². The molecule has 0 aliphatic carbocycles. The first-order chi connectivity index (χ1) is 15.7. The van der Waals surface area contributed by atoms with E-state index in [1.165, 1.54) is 22.5 Å². The lowest BCUT2D eigenvalue weighted by atomic mass is 9.98. The highest BCUT2D eigenvalue weighted by molar-refractivity contribution is 7.89. The van der Waals surface area contributed by atoms with Crippen LogP contribution in [0, 0.1) is 38.7 Å². The average Bonchev–Trinajstić information content (AvgIpc) is 2.83. The molecule has 1 fully saturated rings. The summed E-state index contributed by atoms with van der Waals surface area (Å²) in [5.74, 6) is -0.648. The lowest BCUT2D eigenvalue weighted by Crippen LogP contribution is -2.41. The quantitative estimate of drug-likeness (QED) is 0.207. The summed E-state index contributed by atoms with van der Waals surface area (Å²) in [6.45, 7) is 0.238. The number of hydrogen-bond acceptors (Lipinski definition) is 8. The van der Waals surface area contributed by atoms with Crippen LogP contribution in [0.25, 0.3) is 6.08 Å². The van der Waals surface area contributed by atoms with Crippen molar-refractivity contribution in [2.45, 2.75) is 17.7 Å². The zero-order valence-electron chi connectivity index (χ0n) is 17.2. The van der Waals surface area contributed by atoms with Gasteiger partial charge in [0.15, 0.2) is 0 Å². The van der Waals surface area contributed by atoms with Crippen molar-refractivity contribution in [2.75, 3.05) is 13.1 Å². The van der Waals surface area contributed by atoms with Gasteiger partial charge in [0.05, 0.1) is 15.7 Å². The van der Waals surface area contributed by atoms with E-state index in [0.717, 1.165) is 12.1 Å². The van der Waals surface area contributed by atoms with Gasteiger partial charge in [-0.15, -0.1) is 0 Å². The van der Waals surface area contributed by atoms with Crippen LogP contribution < -0.4 is 4.74 Å². The van der Waals surface area contributed by atoms with E-state index in [0.29, 0.717) is 11.3 Å². The van der Waals surface area contributed by atoms with Gasteiger partial charge in [0.25, 0.3) is 5.69 Å². The molecule has 0 N–H and O–H groups in total. The van der Waals surface area contributed by atoms with Gasteiger partial charge in [-0.3, -0.25) is 14.9 Å². The standard InChI is InChI=1S/C22H18N4O6S/c23-14-17(15-24)13-16-1-5-20(6-2-16)32-22(27)18-9-11-25(12-10-18)33(30,31)21-7-3-19(4-8-21)26(28)29/h1-8,13,18H,9-12H2. The van der Waals surface area contributed by atoms with Crippen LogP contribution in [0.15, 0.2) is 59.0 Å². The summed E-state index contributed by atoms with van der Waals surface area (Å²) in [6, 6.07) is 14.5. The highest BCUT2D eigenvalue weighted by atomic mass is 32.2. The fourth-order valence-corrected chi connectivity index (χ4v) is 4.78. The van der Waals surface area contributed by atoms with E-state index in [4.69, 9.17) is 15.3 Å². The van der Waals surface area contributed by atoms with Crippen molar-refractivity contribution in [1.82, 2.24) is 4.31 Å². The first-order valence-electron chi connectivity index (χ1n) is 9.83. The molecule has 0 saturated carbocycles. The average molecular weight is 466 g/mol. The van der Waals surface area contributed by atoms with Crippen molar-refractivity contribution < 1.29 is 22.9 Å². The lowest BCUT2D eigenvalue weighted by Gasteiger charge is -2.30. The molecule has 0 unspecified atom stereocenters.